The molecule has 4 aromatic rings. The van der Waals surface area contributed by atoms with Crippen molar-refractivity contribution >= 4 is 58.1 Å². The highest BCUT2D eigenvalue weighted by Gasteiger charge is 2.37. The first kappa shape index (κ1) is 48.8. The van der Waals surface area contributed by atoms with E-state index in [0.717, 1.165) is 51.9 Å². The van der Waals surface area contributed by atoms with E-state index in [2.05, 4.69) is 21.3 Å². The van der Waals surface area contributed by atoms with E-state index in [1.165, 1.54) is 0 Å². The van der Waals surface area contributed by atoms with E-state index < -0.39 is 17.8 Å². The molecule has 0 atom stereocenters. The van der Waals surface area contributed by atoms with Gasteiger partial charge in [0.05, 0.1) is 6.10 Å². The summed E-state index contributed by atoms with van der Waals surface area (Å²) in [6.45, 7) is 12.0. The molecule has 0 bridgehead atoms. The minimum atomic E-state index is -0.589. The zero-order valence-corrected chi connectivity index (χ0v) is 36.1. The molecule has 14 nitrogen and oxygen atoms in total. The third kappa shape index (κ3) is 11.5. The van der Waals surface area contributed by atoms with E-state index in [1.807, 2.05) is 9.80 Å². The number of ether oxygens (including phenoxy) is 2. The van der Waals surface area contributed by atoms with Gasteiger partial charge in [-0.25, -0.2) is 9.59 Å². The summed E-state index contributed by atoms with van der Waals surface area (Å²) >= 11 is 0. The largest absolute Gasteiger partial charge is 0.447 e. The second-order valence-corrected chi connectivity index (χ2v) is 16.9. The van der Waals surface area contributed by atoms with Gasteiger partial charge >= 0.3 is 12.2 Å². The smallest absolute Gasteiger partial charge is 0.412 e. The number of allylic oxidation sites excluding steroid dienone is 4. The van der Waals surface area contributed by atoms with Crippen LogP contribution in [0.4, 0.5) is 32.3 Å². The number of likely N-dealkylation sites (tertiary alicyclic amines) is 2. The van der Waals surface area contributed by atoms with Crippen LogP contribution >= 0.6 is 0 Å². The monoisotopic (exact) mass is 884 g/mol. The molecule has 2 heterocycles. The van der Waals surface area contributed by atoms with E-state index in [1.54, 1.807) is 132 Å². The van der Waals surface area contributed by atoms with Gasteiger partial charge in [0, 0.05) is 71.2 Å². The summed E-state index contributed by atoms with van der Waals surface area (Å²) in [6, 6.07) is 27.7. The van der Waals surface area contributed by atoms with Gasteiger partial charge in [-0.05, 0) is 109 Å². The van der Waals surface area contributed by atoms with Gasteiger partial charge in [-0.3, -0.25) is 29.8 Å². The Morgan fingerprint density at radius 1 is 0.508 bits per heavy atom. The number of amides is 2. The SMILES string of the molecule is C.C.CC(C)(C)OC(=O)Nc1ccc(NC2=C(N3CCCC3)C(=O)c3ccccc3C2=O)cc1.CC(C)OC(=O)Nc1ccc(NC2=C(N3CCCC3)C(=O)c3ccccc3C2=O)cc1. The Kier molecular flexibility index (Phi) is 15.7. The number of rotatable bonds is 9. The first-order chi connectivity index (χ1) is 30.2. The minimum absolute atomic E-state index is 0. The van der Waals surface area contributed by atoms with Gasteiger partial charge in [0.1, 0.15) is 28.4 Å². The van der Waals surface area contributed by atoms with Crippen LogP contribution in [0.2, 0.25) is 0 Å². The summed E-state index contributed by atoms with van der Waals surface area (Å²) in [5.74, 6) is -0.653. The molecule has 0 saturated carbocycles. The van der Waals surface area contributed by atoms with Crippen LogP contribution in [0.25, 0.3) is 0 Å². The van der Waals surface area contributed by atoms with Crippen LogP contribution < -0.4 is 21.3 Å². The molecule has 0 aromatic heterocycles. The summed E-state index contributed by atoms with van der Waals surface area (Å²) in [4.78, 5) is 80.9. The molecule has 4 aliphatic rings. The fourth-order valence-electron chi connectivity index (χ4n) is 7.79. The Labute approximate surface area is 381 Å². The van der Waals surface area contributed by atoms with Gasteiger partial charge in [0.15, 0.2) is 0 Å². The van der Waals surface area contributed by atoms with E-state index in [9.17, 15) is 28.8 Å². The Morgan fingerprint density at radius 2 is 0.831 bits per heavy atom. The lowest BCUT2D eigenvalue weighted by atomic mass is 9.89. The van der Waals surface area contributed by atoms with Crippen LogP contribution in [0.5, 0.6) is 0 Å². The number of nitrogens with one attached hydrogen (secondary N) is 4. The maximum Gasteiger partial charge on any atom is 0.412 e. The number of ketones is 4. The fourth-order valence-corrected chi connectivity index (χ4v) is 7.79. The highest BCUT2D eigenvalue weighted by molar-refractivity contribution is 6.28. The molecule has 342 valence electrons. The number of carbonyl (C=O) groups excluding carboxylic acids is 6. The average Bonchev–Trinajstić information content (AvgIpc) is 3.99. The number of fused-ring (bicyclic) bond motifs is 2. The first-order valence-electron chi connectivity index (χ1n) is 21.2. The summed E-state index contributed by atoms with van der Waals surface area (Å²) in [5.41, 5.74) is 5.01. The zero-order valence-electron chi connectivity index (χ0n) is 36.1. The van der Waals surface area contributed by atoms with E-state index in [0.29, 0.717) is 67.8 Å². The fraction of sp³-hybridized carbons (Fsp3) is 0.333. The maximum atomic E-state index is 13.3. The Morgan fingerprint density at radius 3 is 1.17 bits per heavy atom. The van der Waals surface area contributed by atoms with Crippen molar-refractivity contribution in [3.63, 3.8) is 0 Å². The summed E-state index contributed by atoms with van der Waals surface area (Å²) in [6.07, 6.45) is 2.69. The molecule has 2 amide bonds. The zero-order chi connectivity index (χ0) is 44.8. The van der Waals surface area contributed by atoms with E-state index >= 15 is 0 Å². The van der Waals surface area contributed by atoms with E-state index in [4.69, 9.17) is 9.47 Å². The highest BCUT2D eigenvalue weighted by Crippen LogP contribution is 2.33. The van der Waals surface area contributed by atoms with Crippen LogP contribution in [0.3, 0.4) is 0 Å². The molecule has 8 rings (SSSR count). The summed E-state index contributed by atoms with van der Waals surface area (Å²) in [5, 5.41) is 11.7. The quantitative estimate of drug-likeness (QED) is 0.125. The molecule has 65 heavy (non-hydrogen) atoms. The highest BCUT2D eigenvalue weighted by atomic mass is 16.6. The lowest BCUT2D eigenvalue weighted by Crippen LogP contribution is -2.35. The minimum Gasteiger partial charge on any atom is -0.447 e. The van der Waals surface area contributed by atoms with E-state index in [-0.39, 0.29) is 44.1 Å². The van der Waals surface area contributed by atoms with Crippen molar-refractivity contribution in [3.05, 3.63) is 142 Å². The molecule has 2 fully saturated rings. The average molecular weight is 885 g/mol. The van der Waals surface area contributed by atoms with Gasteiger partial charge in [-0.15, -0.1) is 0 Å². The van der Waals surface area contributed by atoms with Crippen LogP contribution in [0.1, 0.15) is 117 Å². The number of nitrogens with zero attached hydrogens (tertiary/aromatic N) is 2. The van der Waals surface area contributed by atoms with Crippen LogP contribution in [0, 0.1) is 0 Å². The van der Waals surface area contributed by atoms with Crippen LogP contribution in [0.15, 0.2) is 120 Å². The number of Topliss-reactive ketones (excluding diaryl/α,β-unsaturated/α-hetero) is 4. The van der Waals surface area contributed by atoms with Crippen molar-refractivity contribution in [2.75, 3.05) is 47.4 Å². The molecule has 0 unspecified atom stereocenters. The third-order valence-corrected chi connectivity index (χ3v) is 10.6. The molecular weight excluding hydrogens is 825 g/mol. The summed E-state index contributed by atoms with van der Waals surface area (Å²) < 4.78 is 10.3. The first-order valence-corrected chi connectivity index (χ1v) is 21.2. The Hall–Kier alpha value is -7.22. The number of anilines is 4. The van der Waals surface area contributed by atoms with Gasteiger partial charge in [-0.1, -0.05) is 63.4 Å². The van der Waals surface area contributed by atoms with Gasteiger partial charge in [0.25, 0.3) is 0 Å². The van der Waals surface area contributed by atoms with Crippen molar-refractivity contribution < 1.29 is 38.2 Å². The van der Waals surface area contributed by atoms with Crippen molar-refractivity contribution in [2.45, 2.75) is 86.9 Å². The van der Waals surface area contributed by atoms with Gasteiger partial charge in [0.2, 0.25) is 23.1 Å². The molecule has 2 saturated heterocycles. The molecule has 4 N–H and O–H groups in total. The lowest BCUT2D eigenvalue weighted by Gasteiger charge is -2.28. The predicted octanol–water partition coefficient (Wildman–Crippen LogP) is 10.5. The summed E-state index contributed by atoms with van der Waals surface area (Å²) in [7, 11) is 0. The van der Waals surface area contributed by atoms with Crippen molar-refractivity contribution in [3.8, 4) is 0 Å². The normalized spacial score (nSPS) is 15.5. The second-order valence-electron chi connectivity index (χ2n) is 16.9. The predicted molar refractivity (Wildman–Crippen MR) is 255 cm³/mol. The van der Waals surface area contributed by atoms with Crippen LogP contribution in [-0.2, 0) is 9.47 Å². The lowest BCUT2D eigenvalue weighted by molar-refractivity contribution is 0.0635. The van der Waals surface area contributed by atoms with Crippen molar-refractivity contribution in [1.29, 1.82) is 0 Å². The molecule has 4 aromatic carbocycles. The molecule has 2 aliphatic carbocycles. The Balaban J connectivity index is 0.000000237. The molecule has 2 aliphatic heterocycles. The number of hydrogen-bond donors (Lipinski definition) is 4. The molecule has 0 radical (unpaired) electrons. The third-order valence-electron chi connectivity index (χ3n) is 10.6. The Bertz CT molecular complexity index is 2490. The number of carbonyl (C=O) groups is 6. The molecule has 14 heteroatoms. The van der Waals surface area contributed by atoms with Gasteiger partial charge < -0.3 is 29.9 Å². The number of hydrogen-bond acceptors (Lipinski definition) is 12. The number of benzene rings is 4. The molecule has 0 spiro atoms. The topological polar surface area (TPSA) is 175 Å². The maximum absolute atomic E-state index is 13.3. The van der Waals surface area contributed by atoms with Crippen molar-refractivity contribution in [2.24, 2.45) is 0 Å². The molecular formula is C51H60N6O8. The second kappa shape index (κ2) is 21.0. The van der Waals surface area contributed by atoms with Crippen LogP contribution in [-0.4, -0.2) is 83.0 Å². The van der Waals surface area contributed by atoms with Crippen molar-refractivity contribution in [1.82, 2.24) is 9.80 Å². The van der Waals surface area contributed by atoms with Gasteiger partial charge in [-0.2, -0.15) is 0 Å². The standard InChI is InChI=1S/C25H27N3O4.C24H25N3O4.2CH4/c1-25(2,3)32-24(31)27-17-12-10-16(11-13-17)26-20-21(28-14-6-7-15-28)23(30)19-9-5-4-8-18(19)22(20)29;1-15(2)31-24(30)26-17-11-9-16(10-12-17)25-20-21(27-13-5-6-14-27)23(29)19-8-4-3-7-18(19)22(20)28;;/h4-5,8-13,26H,6-7,14-15H2,1-3H3,(H,27,31);3-4,7-12,15,25H,5-6,13-14H2,1-2H3,(H,26,30);2*1H4.